The maximum Gasteiger partial charge on any atom is 0.268 e. The van der Waals surface area contributed by atoms with Gasteiger partial charge in [0.25, 0.3) is 5.91 Å². The summed E-state index contributed by atoms with van der Waals surface area (Å²) in [5.74, 6) is 2.91. The average molecular weight is 480 g/mol. The number of carbonyl (C=O) groups is 1. The summed E-state index contributed by atoms with van der Waals surface area (Å²) in [5, 5.41) is 7.32. The van der Waals surface area contributed by atoms with Crippen LogP contribution in [0.5, 0.6) is 5.88 Å². The predicted molar refractivity (Wildman–Crippen MR) is 128 cm³/mol. The lowest BCUT2D eigenvalue weighted by molar-refractivity contribution is 0.0932. The molecule has 0 radical (unpaired) electrons. The molecule has 0 atom stereocenters. The molecule has 2 aliphatic rings. The van der Waals surface area contributed by atoms with E-state index in [2.05, 4.69) is 32.6 Å². The Labute approximate surface area is 201 Å². The molecular weight excluding hydrogens is 461 g/mol. The molecule has 3 heterocycles. The minimum absolute atomic E-state index is 0.0656. The highest BCUT2D eigenvalue weighted by Gasteiger charge is 2.31. The van der Waals surface area contributed by atoms with E-state index in [1.807, 2.05) is 6.07 Å². The molecule has 0 unspecified atom stereocenters. The molecule has 0 saturated heterocycles. The Morgan fingerprint density at radius 3 is 2.88 bits per heavy atom. The van der Waals surface area contributed by atoms with Gasteiger partial charge in [0.05, 0.1) is 15.7 Å². The van der Waals surface area contributed by atoms with Crippen LogP contribution in [0.2, 0.25) is 10.0 Å². The third kappa shape index (κ3) is 4.09. The minimum atomic E-state index is -0.338. The number of terminal acetylenes is 1. The fourth-order valence-corrected chi connectivity index (χ4v) is 4.68. The van der Waals surface area contributed by atoms with E-state index in [0.717, 1.165) is 30.8 Å². The van der Waals surface area contributed by atoms with Gasteiger partial charge in [0, 0.05) is 24.8 Å². The van der Waals surface area contributed by atoms with Crippen LogP contribution < -0.4 is 20.3 Å². The smallest absolute Gasteiger partial charge is 0.268 e. The van der Waals surface area contributed by atoms with Crippen LogP contribution >= 0.6 is 23.2 Å². The van der Waals surface area contributed by atoms with Gasteiger partial charge >= 0.3 is 0 Å². The number of ether oxygens (including phenoxy) is 1. The second kappa shape index (κ2) is 8.91. The van der Waals surface area contributed by atoms with Gasteiger partial charge in [0.1, 0.15) is 5.56 Å². The first-order valence-electron chi connectivity index (χ1n) is 10.4. The van der Waals surface area contributed by atoms with Crippen LogP contribution in [0.15, 0.2) is 36.5 Å². The maximum atomic E-state index is 13.1. The Hall–Kier alpha value is -3.31. The van der Waals surface area contributed by atoms with Gasteiger partial charge in [-0.25, -0.2) is 4.98 Å². The lowest BCUT2D eigenvalue weighted by Crippen LogP contribution is -2.39. The summed E-state index contributed by atoms with van der Waals surface area (Å²) < 4.78 is 5.76. The standard InChI is InChI=1S/C24H19Cl2N5O2/c1-2-4-14-9-16(10-15-7-8-27-11-17(14)15)29-24-28-12-18-22(30-24)33-13-31(23(18)32)21-19(25)5-3-6-20(21)26/h1,3,5-6,9-10,12,27H,4,7-8,11,13H2,(H,28,29,30). The summed E-state index contributed by atoms with van der Waals surface area (Å²) in [5.41, 5.74) is 5.06. The lowest BCUT2D eigenvalue weighted by Gasteiger charge is -2.29. The van der Waals surface area contributed by atoms with Gasteiger partial charge in [0.2, 0.25) is 11.8 Å². The number of aromatic nitrogens is 2. The van der Waals surface area contributed by atoms with E-state index in [9.17, 15) is 4.79 Å². The van der Waals surface area contributed by atoms with E-state index in [1.165, 1.54) is 22.2 Å². The quantitative estimate of drug-likeness (QED) is 0.541. The van der Waals surface area contributed by atoms with Crippen LogP contribution in [0.4, 0.5) is 17.3 Å². The van der Waals surface area contributed by atoms with Crippen molar-refractivity contribution in [2.75, 3.05) is 23.5 Å². The van der Waals surface area contributed by atoms with Crippen LogP contribution in [-0.4, -0.2) is 29.2 Å². The summed E-state index contributed by atoms with van der Waals surface area (Å²) in [4.78, 5) is 23.2. The number of hydrogen-bond donors (Lipinski definition) is 2. The summed E-state index contributed by atoms with van der Waals surface area (Å²) in [6.45, 7) is 1.66. The molecule has 0 spiro atoms. The zero-order valence-corrected chi connectivity index (χ0v) is 19.0. The molecule has 2 aromatic carbocycles. The monoisotopic (exact) mass is 479 g/mol. The number of rotatable bonds is 4. The molecule has 0 aliphatic carbocycles. The Balaban J connectivity index is 1.42. The number of para-hydroxylation sites is 1. The highest BCUT2D eigenvalue weighted by atomic mass is 35.5. The Kier molecular flexibility index (Phi) is 5.81. The van der Waals surface area contributed by atoms with Crippen LogP contribution in [0.25, 0.3) is 0 Å². The fourth-order valence-electron chi connectivity index (χ4n) is 4.08. The molecule has 3 aromatic rings. The van der Waals surface area contributed by atoms with Gasteiger partial charge in [-0.2, -0.15) is 4.98 Å². The second-order valence-electron chi connectivity index (χ2n) is 7.70. The molecule has 1 aromatic heterocycles. The molecule has 0 saturated carbocycles. The molecule has 166 valence electrons. The van der Waals surface area contributed by atoms with Crippen LogP contribution in [-0.2, 0) is 19.4 Å². The van der Waals surface area contributed by atoms with Crippen LogP contribution in [0, 0.1) is 12.3 Å². The Bertz CT molecular complexity index is 1280. The molecule has 7 nitrogen and oxygen atoms in total. The van der Waals surface area contributed by atoms with Crippen molar-refractivity contribution in [3.8, 4) is 18.2 Å². The molecule has 1 amide bonds. The highest BCUT2D eigenvalue weighted by molar-refractivity contribution is 6.40. The summed E-state index contributed by atoms with van der Waals surface area (Å²) in [6.07, 6.45) is 8.48. The Morgan fingerprint density at radius 1 is 1.27 bits per heavy atom. The number of nitrogens with zero attached hydrogens (tertiary/aromatic N) is 3. The maximum absolute atomic E-state index is 13.1. The van der Waals surface area contributed by atoms with Crippen LogP contribution in [0.3, 0.4) is 0 Å². The van der Waals surface area contributed by atoms with Crippen molar-refractivity contribution in [1.82, 2.24) is 15.3 Å². The number of hydrogen-bond acceptors (Lipinski definition) is 6. The molecular formula is C24H19Cl2N5O2. The van der Waals surface area contributed by atoms with Crippen molar-refractivity contribution in [1.29, 1.82) is 0 Å². The van der Waals surface area contributed by atoms with Gasteiger partial charge in [-0.15, -0.1) is 12.3 Å². The predicted octanol–water partition coefficient (Wildman–Crippen LogP) is 4.35. The van der Waals surface area contributed by atoms with Crippen LogP contribution in [0.1, 0.15) is 27.0 Å². The zero-order valence-electron chi connectivity index (χ0n) is 17.5. The number of amides is 1. The number of fused-ring (bicyclic) bond motifs is 2. The van der Waals surface area contributed by atoms with Gasteiger partial charge < -0.3 is 15.4 Å². The van der Waals surface area contributed by atoms with E-state index in [1.54, 1.807) is 18.2 Å². The zero-order chi connectivity index (χ0) is 22.9. The van der Waals surface area contributed by atoms with E-state index in [4.69, 9.17) is 34.4 Å². The normalized spacial score (nSPS) is 14.7. The first kappa shape index (κ1) is 21.5. The SMILES string of the molecule is C#CCc1cc(Nc2ncc3c(n2)OCN(c2c(Cl)cccc2Cl)C3=O)cc2c1CNCC2. The topological polar surface area (TPSA) is 79.4 Å². The Morgan fingerprint density at radius 2 is 2.09 bits per heavy atom. The summed E-state index contributed by atoms with van der Waals surface area (Å²) in [6, 6.07) is 9.15. The molecule has 0 bridgehead atoms. The lowest BCUT2D eigenvalue weighted by atomic mass is 9.93. The molecule has 5 rings (SSSR count). The van der Waals surface area contributed by atoms with Gasteiger partial charge in [-0.3, -0.25) is 9.69 Å². The van der Waals surface area contributed by atoms with Crippen molar-refractivity contribution < 1.29 is 9.53 Å². The second-order valence-corrected chi connectivity index (χ2v) is 8.51. The van der Waals surface area contributed by atoms with Crippen molar-refractivity contribution in [3.63, 3.8) is 0 Å². The van der Waals surface area contributed by atoms with Crippen molar-refractivity contribution in [2.24, 2.45) is 0 Å². The van der Waals surface area contributed by atoms with Crippen molar-refractivity contribution in [2.45, 2.75) is 19.4 Å². The van der Waals surface area contributed by atoms with E-state index >= 15 is 0 Å². The molecule has 0 fully saturated rings. The van der Waals surface area contributed by atoms with Gasteiger partial charge in [-0.05, 0) is 53.9 Å². The molecule has 2 N–H and O–H groups in total. The number of carbonyl (C=O) groups excluding carboxylic acids is 1. The first-order valence-corrected chi connectivity index (χ1v) is 11.1. The van der Waals surface area contributed by atoms with Gasteiger partial charge in [0.15, 0.2) is 6.73 Å². The number of benzene rings is 2. The molecule has 9 heteroatoms. The number of anilines is 3. The van der Waals surface area contributed by atoms with E-state index in [-0.39, 0.29) is 24.1 Å². The van der Waals surface area contributed by atoms with Crippen molar-refractivity contribution in [3.05, 3.63) is 68.8 Å². The first-order chi connectivity index (χ1) is 16.0. The third-order valence-electron chi connectivity index (χ3n) is 5.62. The largest absolute Gasteiger partial charge is 0.455 e. The minimum Gasteiger partial charge on any atom is -0.455 e. The van der Waals surface area contributed by atoms with E-state index in [0.29, 0.717) is 28.1 Å². The number of halogens is 2. The van der Waals surface area contributed by atoms with Gasteiger partial charge in [-0.1, -0.05) is 29.3 Å². The molecule has 2 aliphatic heterocycles. The summed E-state index contributed by atoms with van der Waals surface area (Å²) in [7, 11) is 0. The third-order valence-corrected chi connectivity index (χ3v) is 6.23. The highest BCUT2D eigenvalue weighted by Crippen LogP contribution is 2.37. The summed E-state index contributed by atoms with van der Waals surface area (Å²) >= 11 is 12.5. The average Bonchev–Trinajstić information content (AvgIpc) is 2.80. The number of nitrogens with one attached hydrogen (secondary N) is 2. The van der Waals surface area contributed by atoms with Crippen molar-refractivity contribution >= 4 is 46.4 Å². The fraction of sp³-hybridized carbons (Fsp3) is 0.208. The molecule has 33 heavy (non-hydrogen) atoms. The van der Waals surface area contributed by atoms with E-state index < -0.39 is 0 Å².